The number of rotatable bonds is 1. The Morgan fingerprint density at radius 3 is 1.88 bits per heavy atom. The minimum Gasteiger partial charge on any atom is -0.477 e. The SMILES string of the molecule is O=C(O)C(I)=C(Br)I. The summed E-state index contributed by atoms with van der Waals surface area (Å²) >= 11 is 6.66. The molecule has 0 aromatic carbocycles. The van der Waals surface area contributed by atoms with Gasteiger partial charge in [0, 0.05) is 0 Å². The number of carbonyl (C=O) groups is 1. The van der Waals surface area contributed by atoms with Gasteiger partial charge < -0.3 is 5.11 Å². The molecule has 0 heterocycles. The maximum Gasteiger partial charge on any atom is 0.343 e. The van der Waals surface area contributed by atoms with Crippen molar-refractivity contribution in [2.45, 2.75) is 0 Å². The fraction of sp³-hybridized carbons (Fsp3) is 0. The molecule has 0 aromatic heterocycles. The van der Waals surface area contributed by atoms with Gasteiger partial charge in [0.25, 0.3) is 0 Å². The van der Waals surface area contributed by atoms with E-state index in [2.05, 4.69) is 15.9 Å². The zero-order valence-corrected chi connectivity index (χ0v) is 9.39. The first-order valence-corrected chi connectivity index (χ1v) is 4.45. The third-order valence-corrected chi connectivity index (χ3v) is 4.06. The molecule has 0 amide bonds. The molecule has 0 fully saturated rings. The van der Waals surface area contributed by atoms with E-state index < -0.39 is 5.97 Å². The summed E-state index contributed by atoms with van der Waals surface area (Å²) in [6.07, 6.45) is 0. The van der Waals surface area contributed by atoms with Crippen LogP contribution in [0.2, 0.25) is 0 Å². The van der Waals surface area contributed by atoms with Crippen LogP contribution >= 0.6 is 61.1 Å². The zero-order chi connectivity index (χ0) is 6.73. The van der Waals surface area contributed by atoms with E-state index in [9.17, 15) is 4.79 Å². The van der Waals surface area contributed by atoms with Crippen molar-refractivity contribution in [1.29, 1.82) is 0 Å². The van der Waals surface area contributed by atoms with Crippen molar-refractivity contribution >= 4 is 67.1 Å². The van der Waals surface area contributed by atoms with E-state index in [1.54, 1.807) is 22.6 Å². The Morgan fingerprint density at radius 2 is 1.88 bits per heavy atom. The lowest BCUT2D eigenvalue weighted by Crippen LogP contribution is -1.92. The van der Waals surface area contributed by atoms with Gasteiger partial charge in [0.2, 0.25) is 0 Å². The summed E-state index contributed by atoms with van der Waals surface area (Å²) in [5.74, 6) is -0.896. The van der Waals surface area contributed by atoms with E-state index in [1.807, 2.05) is 22.6 Å². The Balaban J connectivity index is 4.23. The number of halogens is 3. The molecule has 0 aliphatic carbocycles. The van der Waals surface area contributed by atoms with Gasteiger partial charge in [0.15, 0.2) is 0 Å². The highest BCUT2D eigenvalue weighted by atomic mass is 127. The third-order valence-electron chi connectivity index (χ3n) is 0.354. The lowest BCUT2D eigenvalue weighted by Gasteiger charge is -1.86. The van der Waals surface area contributed by atoms with Crippen molar-refractivity contribution < 1.29 is 9.90 Å². The summed E-state index contributed by atoms with van der Waals surface area (Å²) in [6, 6.07) is 0. The quantitative estimate of drug-likeness (QED) is 0.540. The Hall–Kier alpha value is 1.15. The average Bonchev–Trinajstić information content (AvgIpc) is 1.64. The lowest BCUT2D eigenvalue weighted by atomic mass is 10.7. The second kappa shape index (κ2) is 4.04. The van der Waals surface area contributed by atoms with Crippen LogP contribution in [0, 0.1) is 0 Å². The van der Waals surface area contributed by atoms with E-state index >= 15 is 0 Å². The average molecular weight is 403 g/mol. The molecule has 0 saturated carbocycles. The van der Waals surface area contributed by atoms with Crippen molar-refractivity contribution in [3.8, 4) is 0 Å². The summed E-state index contributed by atoms with van der Waals surface area (Å²) in [4.78, 5) is 10.0. The molecule has 0 atom stereocenters. The Bertz CT molecular complexity index is 138. The summed E-state index contributed by atoms with van der Waals surface area (Å²) in [5.41, 5.74) is 0. The molecule has 0 aliphatic heterocycles. The first kappa shape index (κ1) is 9.15. The van der Waals surface area contributed by atoms with Crippen molar-refractivity contribution in [2.24, 2.45) is 0 Å². The molecule has 0 bridgehead atoms. The van der Waals surface area contributed by atoms with Crippen LogP contribution in [-0.2, 0) is 4.79 Å². The van der Waals surface area contributed by atoms with Crippen LogP contribution in [0.5, 0.6) is 0 Å². The second-order valence-corrected chi connectivity index (χ2v) is 5.31. The molecular formula is C3HBrI2O2. The van der Waals surface area contributed by atoms with Gasteiger partial charge >= 0.3 is 5.97 Å². The van der Waals surface area contributed by atoms with Gasteiger partial charge in [-0.15, -0.1) is 0 Å². The molecule has 2 nitrogen and oxygen atoms in total. The molecule has 0 saturated heterocycles. The second-order valence-electron chi connectivity index (χ2n) is 0.880. The molecule has 0 aliphatic rings. The molecular weight excluding hydrogens is 402 g/mol. The van der Waals surface area contributed by atoms with E-state index in [0.29, 0.717) is 6.07 Å². The Labute approximate surface area is 82.1 Å². The van der Waals surface area contributed by atoms with Crippen LogP contribution in [0.1, 0.15) is 0 Å². The number of aliphatic carboxylic acids is 1. The van der Waals surface area contributed by atoms with Crippen molar-refractivity contribution in [1.82, 2.24) is 0 Å². The minimum atomic E-state index is -0.896. The molecule has 0 spiro atoms. The fourth-order valence-corrected chi connectivity index (χ4v) is 0.481. The van der Waals surface area contributed by atoms with Crippen molar-refractivity contribution in [3.05, 3.63) is 6.07 Å². The summed E-state index contributed by atoms with van der Waals surface area (Å²) < 4.78 is 0.936. The van der Waals surface area contributed by atoms with Crippen molar-refractivity contribution in [2.75, 3.05) is 0 Å². The van der Waals surface area contributed by atoms with Crippen LogP contribution in [0.15, 0.2) is 6.07 Å². The third kappa shape index (κ3) is 3.23. The highest BCUT2D eigenvalue weighted by Gasteiger charge is 2.04. The van der Waals surface area contributed by atoms with E-state index in [0.717, 1.165) is 0 Å². The maximum absolute atomic E-state index is 10.0. The fourth-order valence-electron chi connectivity index (χ4n) is 0.0808. The molecule has 0 unspecified atom stereocenters. The molecule has 0 aromatic rings. The van der Waals surface area contributed by atoms with Gasteiger partial charge in [-0.1, -0.05) is 0 Å². The molecule has 0 radical (unpaired) electrons. The zero-order valence-electron chi connectivity index (χ0n) is 3.49. The van der Waals surface area contributed by atoms with Crippen LogP contribution < -0.4 is 0 Å². The summed E-state index contributed by atoms with van der Waals surface area (Å²) in [7, 11) is 0. The first-order chi connectivity index (χ1) is 3.55. The summed E-state index contributed by atoms with van der Waals surface area (Å²) in [6.45, 7) is 0. The molecule has 46 valence electrons. The molecule has 8 heavy (non-hydrogen) atoms. The van der Waals surface area contributed by atoms with Crippen LogP contribution in [-0.4, -0.2) is 11.1 Å². The van der Waals surface area contributed by atoms with Crippen LogP contribution in [0.3, 0.4) is 0 Å². The predicted molar refractivity (Wildman–Crippen MR) is 51.6 cm³/mol. The van der Waals surface area contributed by atoms with E-state index in [-0.39, 0.29) is 0 Å². The number of carboxylic acids is 1. The topological polar surface area (TPSA) is 37.3 Å². The Morgan fingerprint density at radius 1 is 1.50 bits per heavy atom. The molecule has 1 N–H and O–H groups in total. The van der Waals surface area contributed by atoms with Gasteiger partial charge in [-0.2, -0.15) is 0 Å². The normalized spacial score (nSPS) is 12.9. The van der Waals surface area contributed by atoms with Gasteiger partial charge in [-0.05, 0) is 61.1 Å². The van der Waals surface area contributed by atoms with Crippen molar-refractivity contribution in [3.63, 3.8) is 0 Å². The Kier molecular flexibility index (Phi) is 4.63. The number of hydrogen-bond acceptors (Lipinski definition) is 1. The van der Waals surface area contributed by atoms with E-state index in [4.69, 9.17) is 5.11 Å². The lowest BCUT2D eigenvalue weighted by molar-refractivity contribution is -0.131. The van der Waals surface area contributed by atoms with Gasteiger partial charge in [-0.25, -0.2) is 4.79 Å². The summed E-state index contributed by atoms with van der Waals surface area (Å²) in [5, 5.41) is 8.25. The predicted octanol–water partition coefficient (Wildman–Crippen LogP) is 2.51. The maximum atomic E-state index is 10.0. The molecule has 5 heteroatoms. The smallest absolute Gasteiger partial charge is 0.343 e. The highest BCUT2D eigenvalue weighted by molar-refractivity contribution is 14.1. The molecule has 0 rings (SSSR count). The number of hydrogen-bond donors (Lipinski definition) is 1. The number of carboxylic acid groups (broad SMARTS) is 1. The standard InChI is InChI=1S/C3HBrI2O2/c4-2(6)1(5)3(7)8/h(H,7,8). The largest absolute Gasteiger partial charge is 0.477 e. The highest BCUT2D eigenvalue weighted by Crippen LogP contribution is 2.24. The first-order valence-electron chi connectivity index (χ1n) is 1.49. The van der Waals surface area contributed by atoms with Gasteiger partial charge in [-0.3, -0.25) is 0 Å². The van der Waals surface area contributed by atoms with Gasteiger partial charge in [0.05, 0.1) is 2.49 Å². The monoisotopic (exact) mass is 402 g/mol. The minimum absolute atomic E-state index is 0.309. The van der Waals surface area contributed by atoms with Crippen LogP contribution in [0.4, 0.5) is 0 Å². The van der Waals surface area contributed by atoms with Gasteiger partial charge in [0.1, 0.15) is 3.58 Å². The van der Waals surface area contributed by atoms with Crippen LogP contribution in [0.25, 0.3) is 0 Å². The van der Waals surface area contributed by atoms with E-state index in [1.165, 1.54) is 0 Å².